The number of para-hydroxylation sites is 1. The highest BCUT2D eigenvalue weighted by Crippen LogP contribution is 2.30. The van der Waals surface area contributed by atoms with Gasteiger partial charge in [-0.25, -0.2) is 9.59 Å². The molecule has 0 aliphatic carbocycles. The van der Waals surface area contributed by atoms with Crippen LogP contribution in [0.25, 0.3) is 0 Å². The summed E-state index contributed by atoms with van der Waals surface area (Å²) in [5.74, 6) is 0.00171. The van der Waals surface area contributed by atoms with Gasteiger partial charge < -0.3 is 10.0 Å². The van der Waals surface area contributed by atoms with Crippen molar-refractivity contribution in [2.45, 2.75) is 25.3 Å². The zero-order valence-corrected chi connectivity index (χ0v) is 12.5. The van der Waals surface area contributed by atoms with Crippen LogP contribution in [0.3, 0.4) is 0 Å². The van der Waals surface area contributed by atoms with E-state index in [2.05, 4.69) is 0 Å². The van der Waals surface area contributed by atoms with E-state index in [0.717, 1.165) is 24.9 Å². The van der Waals surface area contributed by atoms with E-state index in [4.69, 9.17) is 0 Å². The predicted molar refractivity (Wildman–Crippen MR) is 82.7 cm³/mol. The number of carbonyl (C=O) groups is 2. The highest BCUT2D eigenvalue weighted by Gasteiger charge is 2.37. The molecular formula is C15H18N2O3S. The van der Waals surface area contributed by atoms with Crippen LogP contribution in [0.2, 0.25) is 0 Å². The number of carboxylic acids is 1. The fraction of sp³-hybridized carbons (Fsp3) is 0.467. The lowest BCUT2D eigenvalue weighted by atomic mass is 10.1. The van der Waals surface area contributed by atoms with Gasteiger partial charge in [-0.05, 0) is 30.9 Å². The molecule has 1 aromatic rings. The molecule has 6 heteroatoms. The number of thioether (sulfide) groups is 1. The Kier molecular flexibility index (Phi) is 4.05. The number of hydrogen-bond acceptors (Lipinski definition) is 3. The van der Waals surface area contributed by atoms with Crippen LogP contribution >= 0.6 is 11.8 Å². The Bertz CT molecular complexity index is 564. The van der Waals surface area contributed by atoms with E-state index in [1.165, 1.54) is 22.2 Å². The van der Waals surface area contributed by atoms with Gasteiger partial charge in [0.15, 0.2) is 0 Å². The third kappa shape index (κ3) is 2.72. The number of urea groups is 1. The highest BCUT2D eigenvalue weighted by molar-refractivity contribution is 7.99. The third-order valence-electron chi connectivity index (χ3n) is 4.00. The molecular weight excluding hydrogens is 288 g/mol. The van der Waals surface area contributed by atoms with Crippen molar-refractivity contribution in [3.8, 4) is 0 Å². The van der Waals surface area contributed by atoms with Crippen molar-refractivity contribution in [1.82, 2.24) is 4.90 Å². The molecule has 2 aliphatic heterocycles. The fourth-order valence-corrected chi connectivity index (χ4v) is 4.02. The maximum absolute atomic E-state index is 12.8. The lowest BCUT2D eigenvalue weighted by Gasteiger charge is -2.30. The lowest BCUT2D eigenvalue weighted by Crippen LogP contribution is -2.49. The summed E-state index contributed by atoms with van der Waals surface area (Å²) in [6.07, 6.45) is 2.97. The van der Waals surface area contributed by atoms with Gasteiger partial charge >= 0.3 is 12.0 Å². The third-order valence-corrected chi connectivity index (χ3v) is 5.02. The van der Waals surface area contributed by atoms with Crippen molar-refractivity contribution in [1.29, 1.82) is 0 Å². The molecule has 1 aromatic carbocycles. The van der Waals surface area contributed by atoms with Crippen molar-refractivity contribution in [2.24, 2.45) is 0 Å². The number of aliphatic carboxylic acids is 1. The fourth-order valence-electron chi connectivity index (χ4n) is 2.88. The highest BCUT2D eigenvalue weighted by atomic mass is 32.2. The quantitative estimate of drug-likeness (QED) is 0.865. The number of fused-ring (bicyclic) bond motifs is 1. The summed E-state index contributed by atoms with van der Waals surface area (Å²) in [6, 6.07) is 7.03. The Morgan fingerprint density at radius 3 is 2.86 bits per heavy atom. The number of benzene rings is 1. The van der Waals surface area contributed by atoms with Gasteiger partial charge in [-0.3, -0.25) is 4.90 Å². The minimum atomic E-state index is -0.920. The molecule has 1 saturated heterocycles. The Morgan fingerprint density at radius 2 is 2.05 bits per heavy atom. The SMILES string of the molecule is O=C(O)C1CSCN1C(=O)N1CCCCc2ccccc21. The molecule has 1 N–H and O–H groups in total. The van der Waals surface area contributed by atoms with Crippen LogP contribution in [0.1, 0.15) is 18.4 Å². The van der Waals surface area contributed by atoms with E-state index in [-0.39, 0.29) is 6.03 Å². The molecule has 1 atom stereocenters. The Labute approximate surface area is 127 Å². The maximum Gasteiger partial charge on any atom is 0.327 e. The average molecular weight is 306 g/mol. The zero-order valence-electron chi connectivity index (χ0n) is 11.7. The number of anilines is 1. The molecule has 5 nitrogen and oxygen atoms in total. The smallest absolute Gasteiger partial charge is 0.327 e. The first-order chi connectivity index (χ1) is 10.2. The van der Waals surface area contributed by atoms with E-state index in [0.29, 0.717) is 18.2 Å². The molecule has 2 aliphatic rings. The van der Waals surface area contributed by atoms with Crippen molar-refractivity contribution < 1.29 is 14.7 Å². The first-order valence-corrected chi connectivity index (χ1v) is 8.30. The number of hydrogen-bond donors (Lipinski definition) is 1. The first kappa shape index (κ1) is 14.3. The molecule has 2 amide bonds. The summed E-state index contributed by atoms with van der Waals surface area (Å²) < 4.78 is 0. The van der Waals surface area contributed by atoms with Crippen molar-refractivity contribution >= 4 is 29.4 Å². The second kappa shape index (κ2) is 5.97. The Morgan fingerprint density at radius 1 is 1.24 bits per heavy atom. The summed E-state index contributed by atoms with van der Waals surface area (Å²) in [4.78, 5) is 27.3. The number of carboxylic acid groups (broad SMARTS) is 1. The van der Waals surface area contributed by atoms with Crippen molar-refractivity contribution in [3.63, 3.8) is 0 Å². The summed E-state index contributed by atoms with van der Waals surface area (Å²) in [6.45, 7) is 0.656. The van der Waals surface area contributed by atoms with E-state index in [1.807, 2.05) is 24.3 Å². The van der Waals surface area contributed by atoms with E-state index in [1.54, 1.807) is 4.90 Å². The topological polar surface area (TPSA) is 60.9 Å². The van der Waals surface area contributed by atoms with Crippen LogP contribution in [0.4, 0.5) is 10.5 Å². The number of amides is 2. The minimum absolute atomic E-state index is 0.179. The molecule has 0 aromatic heterocycles. The van der Waals surface area contributed by atoms with Gasteiger partial charge in [-0.2, -0.15) is 0 Å². The summed E-state index contributed by atoms with van der Waals surface area (Å²) in [7, 11) is 0. The molecule has 3 rings (SSSR count). The average Bonchev–Trinajstić information content (AvgIpc) is 2.88. The molecule has 2 heterocycles. The van der Waals surface area contributed by atoms with Gasteiger partial charge in [-0.15, -0.1) is 11.8 Å². The van der Waals surface area contributed by atoms with Crippen LogP contribution in [0.5, 0.6) is 0 Å². The second-order valence-electron chi connectivity index (χ2n) is 5.34. The standard InChI is InChI=1S/C15H18N2O3S/c18-14(19)13-9-21-10-17(13)15(20)16-8-4-3-6-11-5-1-2-7-12(11)16/h1-2,5,7,13H,3-4,6,8-10H2,(H,18,19). The molecule has 1 unspecified atom stereocenters. The normalized spacial score (nSPS) is 21.8. The second-order valence-corrected chi connectivity index (χ2v) is 6.34. The van der Waals surface area contributed by atoms with E-state index in [9.17, 15) is 14.7 Å². The van der Waals surface area contributed by atoms with E-state index < -0.39 is 12.0 Å². The van der Waals surface area contributed by atoms with Gasteiger partial charge in [-0.1, -0.05) is 18.2 Å². The van der Waals surface area contributed by atoms with Crippen molar-refractivity contribution in [2.75, 3.05) is 23.1 Å². The van der Waals surface area contributed by atoms with Crippen LogP contribution < -0.4 is 4.90 Å². The Hall–Kier alpha value is -1.69. The molecule has 0 bridgehead atoms. The van der Waals surface area contributed by atoms with Gasteiger partial charge in [0.05, 0.1) is 5.88 Å². The molecule has 21 heavy (non-hydrogen) atoms. The number of rotatable bonds is 1. The summed E-state index contributed by atoms with van der Waals surface area (Å²) in [5, 5.41) is 9.26. The summed E-state index contributed by atoms with van der Waals surface area (Å²) in [5.41, 5.74) is 2.10. The predicted octanol–water partition coefficient (Wildman–Crippen LogP) is 2.41. The molecule has 1 fully saturated rings. The van der Waals surface area contributed by atoms with Crippen LogP contribution in [-0.2, 0) is 11.2 Å². The van der Waals surface area contributed by atoms with Crippen molar-refractivity contribution in [3.05, 3.63) is 29.8 Å². The Balaban J connectivity index is 1.89. The van der Waals surface area contributed by atoms with Gasteiger partial charge in [0.1, 0.15) is 6.04 Å². The molecule has 0 saturated carbocycles. The van der Waals surface area contributed by atoms with Gasteiger partial charge in [0.2, 0.25) is 0 Å². The number of aryl methyl sites for hydroxylation is 1. The maximum atomic E-state index is 12.8. The zero-order chi connectivity index (χ0) is 14.8. The lowest BCUT2D eigenvalue weighted by molar-refractivity contribution is -0.140. The van der Waals surface area contributed by atoms with E-state index >= 15 is 0 Å². The molecule has 0 spiro atoms. The largest absolute Gasteiger partial charge is 0.480 e. The van der Waals surface area contributed by atoms with Crippen LogP contribution in [0, 0.1) is 0 Å². The number of nitrogens with zero attached hydrogens (tertiary/aromatic N) is 2. The van der Waals surface area contributed by atoms with Crippen LogP contribution in [0.15, 0.2) is 24.3 Å². The monoisotopic (exact) mass is 306 g/mol. The van der Waals surface area contributed by atoms with Gasteiger partial charge in [0, 0.05) is 18.0 Å². The van der Waals surface area contributed by atoms with Gasteiger partial charge in [0.25, 0.3) is 0 Å². The number of carbonyl (C=O) groups excluding carboxylic acids is 1. The van der Waals surface area contributed by atoms with Crippen LogP contribution in [-0.4, -0.2) is 46.2 Å². The first-order valence-electron chi connectivity index (χ1n) is 7.15. The molecule has 112 valence electrons. The minimum Gasteiger partial charge on any atom is -0.480 e. The summed E-state index contributed by atoms with van der Waals surface area (Å²) >= 11 is 1.50. The molecule has 0 radical (unpaired) electrons.